The van der Waals surface area contributed by atoms with Crippen LogP contribution in [0.4, 0.5) is 17.6 Å². The zero-order valence-electron chi connectivity index (χ0n) is 9.71. The van der Waals surface area contributed by atoms with Crippen LogP contribution in [0.25, 0.3) is 0 Å². The third kappa shape index (κ3) is 4.01. The molecule has 0 saturated heterocycles. The normalized spacial score (nSPS) is 12.5. The number of alkyl halides is 4. The summed E-state index contributed by atoms with van der Waals surface area (Å²) in [5, 5.41) is 0. The summed E-state index contributed by atoms with van der Waals surface area (Å²) in [5.41, 5.74) is -1.25. The molecule has 0 saturated carbocycles. The van der Waals surface area contributed by atoms with Gasteiger partial charge in [-0.25, -0.2) is 13.6 Å². The lowest BCUT2D eigenvalue weighted by Crippen LogP contribution is -2.39. The number of rotatable bonds is 7. The van der Waals surface area contributed by atoms with Crippen molar-refractivity contribution < 1.29 is 36.6 Å². The fraction of sp³-hybridized carbons (Fsp3) is 0.600. The summed E-state index contributed by atoms with van der Waals surface area (Å²) >= 11 is 0. The van der Waals surface area contributed by atoms with Crippen LogP contribution in [0, 0.1) is 0 Å². The first-order valence-electron chi connectivity index (χ1n) is 4.98. The maximum atomic E-state index is 12.8. The van der Waals surface area contributed by atoms with Crippen LogP contribution in [-0.2, 0) is 19.1 Å². The third-order valence-electron chi connectivity index (χ3n) is 1.68. The Morgan fingerprint density at radius 2 is 1.78 bits per heavy atom. The average Bonchev–Trinajstić information content (AvgIpc) is 2.29. The van der Waals surface area contributed by atoms with Crippen LogP contribution < -0.4 is 0 Å². The molecule has 0 radical (unpaired) electrons. The molecule has 8 heteroatoms. The molecule has 18 heavy (non-hydrogen) atoms. The molecule has 4 nitrogen and oxygen atoms in total. The van der Waals surface area contributed by atoms with Crippen LogP contribution in [0.3, 0.4) is 0 Å². The Hall–Kier alpha value is -1.60. The summed E-state index contributed by atoms with van der Waals surface area (Å²) in [6, 6.07) is 0. The highest BCUT2D eigenvalue weighted by molar-refractivity contribution is 6.19. The number of hydrogen-bond donors (Lipinski definition) is 0. The first kappa shape index (κ1) is 16.4. The Bertz CT molecular complexity index is 339. The lowest BCUT2D eigenvalue weighted by atomic mass is 10.1. The topological polar surface area (TPSA) is 52.6 Å². The highest BCUT2D eigenvalue weighted by atomic mass is 19.3. The van der Waals surface area contributed by atoms with Gasteiger partial charge in [0.25, 0.3) is 0 Å². The van der Waals surface area contributed by atoms with Gasteiger partial charge < -0.3 is 9.47 Å². The number of ketones is 1. The summed E-state index contributed by atoms with van der Waals surface area (Å²) in [6.45, 7) is 2.59. The summed E-state index contributed by atoms with van der Waals surface area (Å²) in [5.74, 6) is -8.73. The second-order valence-electron chi connectivity index (χ2n) is 2.96. The van der Waals surface area contributed by atoms with Crippen LogP contribution in [-0.4, -0.2) is 37.3 Å². The quantitative estimate of drug-likeness (QED) is 0.177. The number of ether oxygens (including phenoxy) is 2. The molecule has 0 N–H and O–H groups in total. The van der Waals surface area contributed by atoms with Gasteiger partial charge in [-0.3, -0.25) is 4.79 Å². The van der Waals surface area contributed by atoms with Gasteiger partial charge in [-0.1, -0.05) is 0 Å². The predicted octanol–water partition coefficient (Wildman–Crippen LogP) is 1.94. The van der Waals surface area contributed by atoms with E-state index in [1.54, 1.807) is 0 Å². The van der Waals surface area contributed by atoms with Gasteiger partial charge in [-0.05, 0) is 13.8 Å². The van der Waals surface area contributed by atoms with Crippen molar-refractivity contribution in [2.45, 2.75) is 26.2 Å². The van der Waals surface area contributed by atoms with Crippen LogP contribution in [0.15, 0.2) is 11.8 Å². The number of halogens is 4. The second-order valence-corrected chi connectivity index (χ2v) is 2.96. The van der Waals surface area contributed by atoms with E-state index in [-0.39, 0.29) is 13.2 Å². The molecule has 0 heterocycles. The zero-order chi connectivity index (χ0) is 14.3. The largest absolute Gasteiger partial charge is 0.500 e. The van der Waals surface area contributed by atoms with Gasteiger partial charge in [-0.2, -0.15) is 8.78 Å². The third-order valence-corrected chi connectivity index (χ3v) is 1.68. The van der Waals surface area contributed by atoms with Crippen molar-refractivity contribution in [3.8, 4) is 0 Å². The molecule has 0 aromatic heterocycles. The predicted molar refractivity (Wildman–Crippen MR) is 52.3 cm³/mol. The van der Waals surface area contributed by atoms with Crippen LogP contribution in [0.2, 0.25) is 0 Å². The molecular formula is C10H12F4O4. The SMILES string of the molecule is CCO/C=C(\C(=O)OCC)C(=O)C(F)(F)C(F)F. The van der Waals surface area contributed by atoms with Crippen molar-refractivity contribution in [1.29, 1.82) is 0 Å². The van der Waals surface area contributed by atoms with E-state index in [0.717, 1.165) is 0 Å². The fourth-order valence-electron chi connectivity index (χ4n) is 0.848. The minimum atomic E-state index is -4.96. The minimum absolute atomic E-state index is 0.0313. The molecule has 0 rings (SSSR count). The summed E-state index contributed by atoms with van der Waals surface area (Å²) in [4.78, 5) is 22.3. The first-order valence-corrected chi connectivity index (χ1v) is 4.98. The standard InChI is InChI=1S/C10H12F4O4/c1-3-17-5-6(8(16)18-4-2)7(15)10(13,14)9(11)12/h5,9H,3-4H2,1-2H3/b6-5-. The molecule has 0 aromatic carbocycles. The van der Waals surface area contributed by atoms with Crippen molar-refractivity contribution in [2.24, 2.45) is 0 Å². The van der Waals surface area contributed by atoms with E-state index in [0.29, 0.717) is 6.26 Å². The molecule has 0 aliphatic rings. The van der Waals surface area contributed by atoms with E-state index < -0.39 is 29.7 Å². The van der Waals surface area contributed by atoms with Gasteiger partial charge in [0.15, 0.2) is 0 Å². The van der Waals surface area contributed by atoms with Crippen LogP contribution >= 0.6 is 0 Å². The van der Waals surface area contributed by atoms with Crippen LogP contribution in [0.5, 0.6) is 0 Å². The number of hydrogen-bond acceptors (Lipinski definition) is 4. The molecule has 0 aliphatic heterocycles. The Morgan fingerprint density at radius 1 is 1.22 bits per heavy atom. The summed E-state index contributed by atoms with van der Waals surface area (Å²) in [7, 11) is 0. The number of carbonyl (C=O) groups excluding carboxylic acids is 2. The lowest BCUT2D eigenvalue weighted by molar-refractivity contribution is -0.165. The molecule has 0 unspecified atom stereocenters. The first-order chi connectivity index (χ1) is 8.28. The molecule has 0 bridgehead atoms. The number of carbonyl (C=O) groups is 2. The maximum Gasteiger partial charge on any atom is 0.369 e. The Kier molecular flexibility index (Phi) is 6.35. The van der Waals surface area contributed by atoms with Crippen molar-refractivity contribution in [3.05, 3.63) is 11.8 Å². The Morgan fingerprint density at radius 3 is 2.17 bits per heavy atom. The Balaban J connectivity index is 5.21. The average molecular weight is 272 g/mol. The molecule has 104 valence electrons. The van der Waals surface area contributed by atoms with Gasteiger partial charge in [0.2, 0.25) is 5.78 Å². The molecule has 0 atom stereocenters. The van der Waals surface area contributed by atoms with E-state index in [2.05, 4.69) is 9.47 Å². The van der Waals surface area contributed by atoms with Crippen molar-refractivity contribution in [1.82, 2.24) is 0 Å². The number of Topliss-reactive ketones (excluding diaryl/α,β-unsaturated/α-hetero) is 1. The van der Waals surface area contributed by atoms with E-state index >= 15 is 0 Å². The summed E-state index contributed by atoms with van der Waals surface area (Å²) in [6.07, 6.45) is -3.82. The van der Waals surface area contributed by atoms with E-state index in [1.165, 1.54) is 13.8 Å². The highest BCUT2D eigenvalue weighted by Crippen LogP contribution is 2.27. The Labute approximate surface area is 101 Å². The lowest BCUT2D eigenvalue weighted by Gasteiger charge is -2.15. The molecule has 0 fully saturated rings. The molecule has 0 spiro atoms. The van der Waals surface area contributed by atoms with E-state index in [4.69, 9.17) is 0 Å². The van der Waals surface area contributed by atoms with Gasteiger partial charge in [-0.15, -0.1) is 0 Å². The molecule has 0 aliphatic carbocycles. The van der Waals surface area contributed by atoms with Crippen LogP contribution in [0.1, 0.15) is 13.8 Å². The minimum Gasteiger partial charge on any atom is -0.500 e. The maximum absolute atomic E-state index is 12.8. The van der Waals surface area contributed by atoms with E-state index in [9.17, 15) is 27.2 Å². The van der Waals surface area contributed by atoms with Crippen molar-refractivity contribution >= 4 is 11.8 Å². The second kappa shape index (κ2) is 6.97. The zero-order valence-corrected chi connectivity index (χ0v) is 9.71. The molecule has 0 aromatic rings. The van der Waals surface area contributed by atoms with E-state index in [1.807, 2.05) is 0 Å². The highest BCUT2D eigenvalue weighted by Gasteiger charge is 2.51. The fourth-order valence-corrected chi connectivity index (χ4v) is 0.848. The van der Waals surface area contributed by atoms with Crippen molar-refractivity contribution in [2.75, 3.05) is 13.2 Å². The van der Waals surface area contributed by atoms with Gasteiger partial charge in [0.1, 0.15) is 11.8 Å². The number of esters is 1. The van der Waals surface area contributed by atoms with Gasteiger partial charge in [0, 0.05) is 0 Å². The summed E-state index contributed by atoms with van der Waals surface area (Å²) < 4.78 is 58.4. The molecule has 0 amide bonds. The monoisotopic (exact) mass is 272 g/mol. The van der Waals surface area contributed by atoms with Gasteiger partial charge >= 0.3 is 18.3 Å². The van der Waals surface area contributed by atoms with Crippen molar-refractivity contribution in [3.63, 3.8) is 0 Å². The molecular weight excluding hydrogens is 260 g/mol. The van der Waals surface area contributed by atoms with Gasteiger partial charge in [0.05, 0.1) is 13.2 Å². The smallest absolute Gasteiger partial charge is 0.369 e.